The first kappa shape index (κ1) is 21.3. The fourth-order valence-corrected chi connectivity index (χ4v) is 2.71. The van der Waals surface area contributed by atoms with Crippen molar-refractivity contribution in [3.05, 3.63) is 0 Å². The van der Waals surface area contributed by atoms with Gasteiger partial charge in [-0.15, -0.1) is 0 Å². The molecule has 0 aromatic rings. The molecule has 1 aliphatic rings. The molecule has 1 N–H and O–H groups in total. The van der Waals surface area contributed by atoms with Crippen molar-refractivity contribution < 1.29 is 24.2 Å². The van der Waals surface area contributed by atoms with Crippen LogP contribution in [-0.2, 0) is 14.3 Å². The highest BCUT2D eigenvalue weighted by Crippen LogP contribution is 2.24. The molecule has 0 aromatic carbocycles. The molecule has 1 rings (SSSR count). The molecule has 1 atom stereocenters. The Kier molecular flexibility index (Phi) is 8.77. The van der Waals surface area contributed by atoms with Gasteiger partial charge in [0.25, 0.3) is 0 Å². The zero-order valence-electron chi connectivity index (χ0n) is 15.8. The van der Waals surface area contributed by atoms with Crippen LogP contribution in [0.5, 0.6) is 0 Å². The minimum absolute atomic E-state index is 0.240. The fourth-order valence-electron chi connectivity index (χ4n) is 2.71. The summed E-state index contributed by atoms with van der Waals surface area (Å²) >= 11 is 0. The molecule has 0 radical (unpaired) electrons. The van der Waals surface area contributed by atoms with Gasteiger partial charge >= 0.3 is 12.1 Å². The van der Waals surface area contributed by atoms with Gasteiger partial charge in [-0.25, -0.2) is 9.59 Å². The number of hydrogen-bond acceptors (Lipinski definition) is 5. The van der Waals surface area contributed by atoms with Crippen LogP contribution in [-0.4, -0.2) is 53.5 Å². The van der Waals surface area contributed by atoms with Gasteiger partial charge in [-0.05, 0) is 59.3 Å². The standard InChI is InChI=1S/C19H31NO5/c1-5-24-17(22)10-9-16(21)8-6-7-15-11-13-20(14-12-15)18(23)25-19(2,3)4/h15-16,21H,5-8,11-14H2,1-4H3/t16-/m1/s1. The molecule has 6 nitrogen and oxygen atoms in total. The molecule has 1 amide bonds. The Morgan fingerprint density at radius 3 is 2.48 bits per heavy atom. The summed E-state index contributed by atoms with van der Waals surface area (Å²) in [6, 6.07) is 0. The van der Waals surface area contributed by atoms with Crippen molar-refractivity contribution >= 4 is 12.1 Å². The predicted molar refractivity (Wildman–Crippen MR) is 94.8 cm³/mol. The lowest BCUT2D eigenvalue weighted by molar-refractivity contribution is -0.136. The number of esters is 1. The minimum Gasteiger partial charge on any atom is -0.456 e. The molecule has 0 bridgehead atoms. The minimum atomic E-state index is -0.800. The van der Waals surface area contributed by atoms with E-state index >= 15 is 0 Å². The summed E-state index contributed by atoms with van der Waals surface area (Å²) in [5.41, 5.74) is -0.464. The summed E-state index contributed by atoms with van der Waals surface area (Å²) < 4.78 is 10.1. The third-order valence-corrected chi connectivity index (χ3v) is 3.97. The maximum atomic E-state index is 12.0. The van der Waals surface area contributed by atoms with Gasteiger partial charge in [0.05, 0.1) is 6.61 Å². The monoisotopic (exact) mass is 353 g/mol. The SMILES string of the molecule is CCOC(=O)C#C[C@H](O)CCCC1CCN(C(=O)OC(C)(C)C)CC1. The predicted octanol–water partition coefficient (Wildman–Crippen LogP) is 2.73. The Hall–Kier alpha value is -1.74. The molecule has 0 aliphatic carbocycles. The van der Waals surface area contributed by atoms with E-state index in [9.17, 15) is 14.7 Å². The number of hydrogen-bond donors (Lipinski definition) is 1. The van der Waals surface area contributed by atoms with Crippen LogP contribution in [0.1, 0.15) is 59.8 Å². The summed E-state index contributed by atoms with van der Waals surface area (Å²) in [6.07, 6.45) is 3.23. The van der Waals surface area contributed by atoms with E-state index in [2.05, 4.69) is 16.6 Å². The Morgan fingerprint density at radius 2 is 1.92 bits per heavy atom. The molecule has 25 heavy (non-hydrogen) atoms. The second-order valence-corrected chi connectivity index (χ2v) is 7.35. The van der Waals surface area contributed by atoms with Gasteiger partial charge in [-0.2, -0.15) is 0 Å². The van der Waals surface area contributed by atoms with Crippen molar-refractivity contribution in [3.63, 3.8) is 0 Å². The largest absolute Gasteiger partial charge is 0.456 e. The normalized spacial score (nSPS) is 16.6. The smallest absolute Gasteiger partial charge is 0.410 e. The second kappa shape index (κ2) is 10.3. The summed E-state index contributed by atoms with van der Waals surface area (Å²) in [6.45, 7) is 9.03. The van der Waals surface area contributed by atoms with Crippen LogP contribution in [0.15, 0.2) is 0 Å². The summed E-state index contributed by atoms with van der Waals surface area (Å²) in [5.74, 6) is 4.74. The van der Waals surface area contributed by atoms with Crippen LogP contribution in [0.2, 0.25) is 0 Å². The first-order valence-electron chi connectivity index (χ1n) is 9.05. The number of aliphatic hydroxyl groups excluding tert-OH is 1. The van der Waals surface area contributed by atoms with Crippen LogP contribution in [0.3, 0.4) is 0 Å². The highest BCUT2D eigenvalue weighted by Gasteiger charge is 2.26. The van der Waals surface area contributed by atoms with Gasteiger partial charge in [-0.1, -0.05) is 12.3 Å². The van der Waals surface area contributed by atoms with Crippen LogP contribution in [0, 0.1) is 17.8 Å². The fraction of sp³-hybridized carbons (Fsp3) is 0.789. The van der Waals surface area contributed by atoms with Gasteiger partial charge in [0.2, 0.25) is 0 Å². The van der Waals surface area contributed by atoms with E-state index in [-0.39, 0.29) is 12.7 Å². The number of nitrogens with zero attached hydrogens (tertiary/aromatic N) is 1. The average Bonchev–Trinajstić information content (AvgIpc) is 2.52. The van der Waals surface area contributed by atoms with Gasteiger partial charge in [0, 0.05) is 19.0 Å². The van der Waals surface area contributed by atoms with Crippen molar-refractivity contribution in [1.82, 2.24) is 4.90 Å². The third-order valence-electron chi connectivity index (χ3n) is 3.97. The van der Waals surface area contributed by atoms with Crippen molar-refractivity contribution in [2.45, 2.75) is 71.5 Å². The quantitative estimate of drug-likeness (QED) is 0.467. The summed E-state index contributed by atoms with van der Waals surface area (Å²) in [5, 5.41) is 9.77. The topological polar surface area (TPSA) is 76.1 Å². The zero-order chi connectivity index (χ0) is 18.9. The first-order chi connectivity index (χ1) is 11.7. The van der Waals surface area contributed by atoms with E-state index in [1.165, 1.54) is 0 Å². The first-order valence-corrected chi connectivity index (χ1v) is 9.05. The molecule has 0 unspecified atom stereocenters. The van der Waals surface area contributed by atoms with Crippen LogP contribution in [0.25, 0.3) is 0 Å². The third kappa shape index (κ3) is 9.35. The molecule has 6 heteroatoms. The van der Waals surface area contributed by atoms with Crippen molar-refractivity contribution in [2.75, 3.05) is 19.7 Å². The Bertz CT molecular complexity index is 492. The lowest BCUT2D eigenvalue weighted by Crippen LogP contribution is -2.41. The molecule has 0 saturated carbocycles. The highest BCUT2D eigenvalue weighted by atomic mass is 16.6. The van der Waals surface area contributed by atoms with E-state index in [0.29, 0.717) is 25.4 Å². The number of piperidine rings is 1. The van der Waals surface area contributed by atoms with E-state index in [4.69, 9.17) is 4.74 Å². The molecule has 1 heterocycles. The number of rotatable bonds is 5. The van der Waals surface area contributed by atoms with E-state index in [1.807, 2.05) is 20.8 Å². The van der Waals surface area contributed by atoms with Crippen molar-refractivity contribution in [2.24, 2.45) is 5.92 Å². The maximum absolute atomic E-state index is 12.0. The van der Waals surface area contributed by atoms with E-state index in [1.54, 1.807) is 11.8 Å². The number of carbonyl (C=O) groups is 2. The van der Waals surface area contributed by atoms with Gasteiger partial charge in [-0.3, -0.25) is 0 Å². The number of aliphatic hydroxyl groups is 1. The maximum Gasteiger partial charge on any atom is 0.410 e. The molecule has 0 spiro atoms. The summed E-state index contributed by atoms with van der Waals surface area (Å²) in [7, 11) is 0. The van der Waals surface area contributed by atoms with Gasteiger partial charge in [0.15, 0.2) is 0 Å². The molecular formula is C19H31NO5. The second-order valence-electron chi connectivity index (χ2n) is 7.35. The number of ether oxygens (including phenoxy) is 2. The zero-order valence-corrected chi connectivity index (χ0v) is 15.8. The molecule has 142 valence electrons. The van der Waals surface area contributed by atoms with Crippen LogP contribution >= 0.6 is 0 Å². The molecular weight excluding hydrogens is 322 g/mol. The molecule has 0 aromatic heterocycles. The van der Waals surface area contributed by atoms with Crippen molar-refractivity contribution in [3.8, 4) is 11.8 Å². The highest BCUT2D eigenvalue weighted by molar-refractivity contribution is 5.88. The number of carbonyl (C=O) groups excluding carboxylic acids is 2. The molecule has 1 saturated heterocycles. The van der Waals surface area contributed by atoms with Crippen LogP contribution in [0.4, 0.5) is 4.79 Å². The number of likely N-dealkylation sites (tertiary alicyclic amines) is 1. The lowest BCUT2D eigenvalue weighted by Gasteiger charge is -2.33. The molecule has 1 fully saturated rings. The summed E-state index contributed by atoms with van der Waals surface area (Å²) in [4.78, 5) is 24.9. The molecule has 1 aliphatic heterocycles. The average molecular weight is 353 g/mol. The Balaban J connectivity index is 2.22. The van der Waals surface area contributed by atoms with E-state index < -0.39 is 17.7 Å². The number of amides is 1. The van der Waals surface area contributed by atoms with Gasteiger partial charge in [0.1, 0.15) is 11.7 Å². The Morgan fingerprint density at radius 1 is 1.28 bits per heavy atom. The van der Waals surface area contributed by atoms with Crippen LogP contribution < -0.4 is 0 Å². The lowest BCUT2D eigenvalue weighted by atomic mass is 9.91. The van der Waals surface area contributed by atoms with E-state index in [0.717, 1.165) is 25.7 Å². The van der Waals surface area contributed by atoms with Gasteiger partial charge < -0.3 is 19.5 Å². The Labute approximate surface area is 150 Å². The van der Waals surface area contributed by atoms with Crippen molar-refractivity contribution in [1.29, 1.82) is 0 Å².